The van der Waals surface area contributed by atoms with E-state index in [0.29, 0.717) is 18.8 Å². The van der Waals surface area contributed by atoms with Crippen molar-refractivity contribution >= 4 is 11.9 Å². The summed E-state index contributed by atoms with van der Waals surface area (Å²) >= 11 is 0. The summed E-state index contributed by atoms with van der Waals surface area (Å²) in [7, 11) is 0. The molecule has 0 bridgehead atoms. The van der Waals surface area contributed by atoms with Crippen molar-refractivity contribution in [1.82, 2.24) is 0 Å². The minimum atomic E-state index is -0.297. The second-order valence-corrected chi connectivity index (χ2v) is 8.40. The van der Waals surface area contributed by atoms with E-state index in [0.717, 1.165) is 24.8 Å². The monoisotopic (exact) mass is 432 g/mol. The van der Waals surface area contributed by atoms with Crippen molar-refractivity contribution in [3.63, 3.8) is 0 Å². The molecule has 0 N–H and O–H groups in total. The third-order valence-electron chi connectivity index (χ3n) is 5.60. The van der Waals surface area contributed by atoms with Crippen molar-refractivity contribution in [3.8, 4) is 5.75 Å². The number of ether oxygens (including phenoxy) is 2. The summed E-state index contributed by atoms with van der Waals surface area (Å²) in [4.78, 5) is 23.8. The molecule has 0 saturated heterocycles. The predicted molar refractivity (Wildman–Crippen MR) is 127 cm³/mol. The van der Waals surface area contributed by atoms with Crippen LogP contribution in [0.15, 0.2) is 24.3 Å². The zero-order valence-electron chi connectivity index (χ0n) is 20.0. The average Bonchev–Trinajstić information content (AvgIpc) is 2.77. The highest BCUT2D eigenvalue weighted by atomic mass is 16.5. The summed E-state index contributed by atoms with van der Waals surface area (Å²) < 4.78 is 10.7. The van der Waals surface area contributed by atoms with E-state index in [1.54, 1.807) is 6.07 Å². The van der Waals surface area contributed by atoms with Gasteiger partial charge < -0.3 is 9.47 Å². The summed E-state index contributed by atoms with van der Waals surface area (Å²) in [5, 5.41) is 0. The highest BCUT2D eigenvalue weighted by molar-refractivity contribution is 5.74. The highest BCUT2D eigenvalue weighted by Crippen LogP contribution is 2.19. The van der Waals surface area contributed by atoms with Gasteiger partial charge in [0.1, 0.15) is 5.75 Å². The largest absolute Gasteiger partial charge is 0.466 e. The normalized spacial score (nSPS) is 10.8. The van der Waals surface area contributed by atoms with Crippen LogP contribution in [0, 0.1) is 0 Å². The first-order valence-corrected chi connectivity index (χ1v) is 12.6. The molecule has 0 aliphatic heterocycles. The Labute approximate surface area is 190 Å². The molecule has 4 nitrogen and oxygen atoms in total. The van der Waals surface area contributed by atoms with Crippen LogP contribution in [0.3, 0.4) is 0 Å². The Bertz CT molecular complexity index is 597. The minimum absolute atomic E-state index is 0.218. The van der Waals surface area contributed by atoms with Crippen LogP contribution in [-0.2, 0) is 20.7 Å². The number of esters is 2. The lowest BCUT2D eigenvalue weighted by molar-refractivity contribution is -0.144. The van der Waals surface area contributed by atoms with E-state index in [1.807, 2.05) is 25.1 Å². The molecule has 176 valence electrons. The minimum Gasteiger partial charge on any atom is -0.466 e. The van der Waals surface area contributed by atoms with Crippen LogP contribution in [0.5, 0.6) is 5.75 Å². The van der Waals surface area contributed by atoms with Gasteiger partial charge in [0.25, 0.3) is 0 Å². The van der Waals surface area contributed by atoms with Gasteiger partial charge in [-0.3, -0.25) is 9.59 Å². The van der Waals surface area contributed by atoms with E-state index < -0.39 is 0 Å². The van der Waals surface area contributed by atoms with E-state index in [-0.39, 0.29) is 24.8 Å². The maximum Gasteiger partial charge on any atom is 0.311 e. The molecule has 31 heavy (non-hydrogen) atoms. The van der Waals surface area contributed by atoms with Crippen LogP contribution in [0.25, 0.3) is 0 Å². The molecule has 0 atom stereocenters. The van der Waals surface area contributed by atoms with Gasteiger partial charge >= 0.3 is 11.9 Å². The van der Waals surface area contributed by atoms with Crippen LogP contribution in [0.4, 0.5) is 0 Å². The Morgan fingerprint density at radius 1 is 0.677 bits per heavy atom. The zero-order valence-corrected chi connectivity index (χ0v) is 20.0. The summed E-state index contributed by atoms with van der Waals surface area (Å²) in [6.07, 6.45) is 17.3. The van der Waals surface area contributed by atoms with E-state index in [9.17, 15) is 9.59 Å². The van der Waals surface area contributed by atoms with Crippen molar-refractivity contribution < 1.29 is 19.1 Å². The van der Waals surface area contributed by atoms with Crippen LogP contribution in [0.1, 0.15) is 116 Å². The molecule has 1 aromatic rings. The van der Waals surface area contributed by atoms with Crippen LogP contribution >= 0.6 is 0 Å². The maximum atomic E-state index is 12.0. The molecule has 0 spiro atoms. The number of unbranched alkanes of at least 4 members (excludes halogenated alkanes) is 11. The van der Waals surface area contributed by atoms with Crippen LogP contribution in [-0.4, -0.2) is 18.5 Å². The number of carbonyl (C=O) groups is 2. The van der Waals surface area contributed by atoms with Gasteiger partial charge in [-0.25, -0.2) is 0 Å². The lowest BCUT2D eigenvalue weighted by Crippen LogP contribution is -2.11. The Morgan fingerprint density at radius 3 is 1.84 bits per heavy atom. The first-order valence-electron chi connectivity index (χ1n) is 12.6. The Morgan fingerprint density at radius 2 is 1.23 bits per heavy atom. The first kappa shape index (κ1) is 27.2. The summed E-state index contributed by atoms with van der Waals surface area (Å²) in [5.41, 5.74) is 1.01. The molecule has 1 rings (SSSR count). The number of benzene rings is 1. The molecule has 4 heteroatoms. The molecular formula is C27H44O4. The second kappa shape index (κ2) is 18.9. The number of rotatable bonds is 19. The molecule has 0 heterocycles. The highest BCUT2D eigenvalue weighted by Gasteiger charge is 2.10. The number of carbonyl (C=O) groups excluding carboxylic acids is 2. The maximum absolute atomic E-state index is 12.0. The van der Waals surface area contributed by atoms with E-state index >= 15 is 0 Å². The molecule has 0 aromatic heterocycles. The molecule has 0 saturated carbocycles. The standard InChI is InChI=1S/C27H44O4/c1-3-5-6-7-8-9-10-11-12-13-14-17-23-30-26(28)21-18-22-27(29)31-25-20-16-15-19-24(25)4-2/h15-16,19-20H,3-14,17-18,21-23H2,1-2H3. The SMILES string of the molecule is CCCCCCCCCCCCCCOC(=O)CCCC(=O)Oc1ccccc1CC. The third kappa shape index (κ3) is 14.7. The van der Waals surface area contributed by atoms with Crippen molar-refractivity contribution in [1.29, 1.82) is 0 Å². The van der Waals surface area contributed by atoms with Gasteiger partial charge in [-0.2, -0.15) is 0 Å². The van der Waals surface area contributed by atoms with Gasteiger partial charge in [-0.05, 0) is 30.9 Å². The van der Waals surface area contributed by atoms with Gasteiger partial charge in [0.05, 0.1) is 6.61 Å². The fraction of sp³-hybridized carbons (Fsp3) is 0.704. The number of hydrogen-bond acceptors (Lipinski definition) is 4. The fourth-order valence-electron chi connectivity index (χ4n) is 3.65. The number of para-hydroxylation sites is 1. The fourth-order valence-corrected chi connectivity index (χ4v) is 3.65. The average molecular weight is 433 g/mol. The lowest BCUT2D eigenvalue weighted by atomic mass is 10.1. The summed E-state index contributed by atoms with van der Waals surface area (Å²) in [5.74, 6) is 0.101. The van der Waals surface area contributed by atoms with E-state index in [1.165, 1.54) is 64.2 Å². The van der Waals surface area contributed by atoms with Crippen molar-refractivity contribution in [2.45, 2.75) is 117 Å². The summed E-state index contributed by atoms with van der Waals surface area (Å²) in [6.45, 7) is 4.78. The molecule has 0 amide bonds. The van der Waals surface area contributed by atoms with Crippen LogP contribution in [0.2, 0.25) is 0 Å². The third-order valence-corrected chi connectivity index (χ3v) is 5.60. The zero-order chi connectivity index (χ0) is 22.6. The van der Waals surface area contributed by atoms with E-state index in [2.05, 4.69) is 6.92 Å². The lowest BCUT2D eigenvalue weighted by Gasteiger charge is -2.08. The molecule has 1 aromatic carbocycles. The van der Waals surface area contributed by atoms with Gasteiger partial charge in [-0.1, -0.05) is 103 Å². The second-order valence-electron chi connectivity index (χ2n) is 8.40. The van der Waals surface area contributed by atoms with Gasteiger partial charge in [0.15, 0.2) is 0 Å². The molecule has 0 aliphatic carbocycles. The Hall–Kier alpha value is -1.84. The number of aryl methyl sites for hydroxylation is 1. The van der Waals surface area contributed by atoms with Crippen molar-refractivity contribution in [2.75, 3.05) is 6.61 Å². The number of hydrogen-bond donors (Lipinski definition) is 0. The van der Waals surface area contributed by atoms with Gasteiger partial charge in [-0.15, -0.1) is 0 Å². The van der Waals surface area contributed by atoms with Gasteiger partial charge in [0, 0.05) is 12.8 Å². The van der Waals surface area contributed by atoms with Crippen molar-refractivity contribution in [2.24, 2.45) is 0 Å². The Balaban J connectivity index is 1.92. The van der Waals surface area contributed by atoms with Crippen molar-refractivity contribution in [3.05, 3.63) is 29.8 Å². The molecule has 0 unspecified atom stereocenters. The predicted octanol–water partition coefficient (Wildman–Crippen LogP) is 7.57. The summed E-state index contributed by atoms with van der Waals surface area (Å²) in [6, 6.07) is 7.55. The first-order chi connectivity index (χ1) is 15.2. The quantitative estimate of drug-likeness (QED) is 0.128. The van der Waals surface area contributed by atoms with Crippen LogP contribution < -0.4 is 4.74 Å². The Kier molecular flexibility index (Phi) is 16.6. The smallest absolute Gasteiger partial charge is 0.311 e. The van der Waals surface area contributed by atoms with E-state index in [4.69, 9.17) is 9.47 Å². The molecule has 0 fully saturated rings. The topological polar surface area (TPSA) is 52.6 Å². The molecular weight excluding hydrogens is 388 g/mol. The molecule has 0 radical (unpaired) electrons. The molecule has 0 aliphatic rings. The van der Waals surface area contributed by atoms with Gasteiger partial charge in [0.2, 0.25) is 0 Å².